The number of rotatable bonds is 1. The van der Waals surface area contributed by atoms with Crippen molar-refractivity contribution < 1.29 is 19.8 Å². The maximum atomic E-state index is 11.5. The molecule has 7 heteroatoms. The van der Waals surface area contributed by atoms with Crippen LogP contribution in [-0.2, 0) is 18.3 Å². The standard InChI is InChI=1S/C11H12N2O5/c1-12-7-4-5-13(11(17)18)9(10(15)16)6(7)2-3-8(12)14/h2-3,9H,4-5H2,1H3,(H,15,16)(H,17,18). The van der Waals surface area contributed by atoms with Gasteiger partial charge in [0, 0.05) is 37.3 Å². The number of carboxylic acid groups (broad SMARTS) is 2. The van der Waals surface area contributed by atoms with Crippen LogP contribution in [0.25, 0.3) is 0 Å². The minimum absolute atomic E-state index is 0.0661. The predicted molar refractivity (Wildman–Crippen MR) is 60.5 cm³/mol. The number of fused-ring (bicyclic) bond motifs is 1. The highest BCUT2D eigenvalue weighted by molar-refractivity contribution is 5.81. The maximum absolute atomic E-state index is 11.5. The summed E-state index contributed by atoms with van der Waals surface area (Å²) in [5.41, 5.74) is 0.701. The van der Waals surface area contributed by atoms with Crippen LogP contribution in [0.1, 0.15) is 17.3 Å². The molecule has 1 aromatic rings. The number of aromatic nitrogens is 1. The van der Waals surface area contributed by atoms with Crippen molar-refractivity contribution in [3.63, 3.8) is 0 Å². The van der Waals surface area contributed by atoms with E-state index >= 15 is 0 Å². The van der Waals surface area contributed by atoms with Gasteiger partial charge in [-0.15, -0.1) is 0 Å². The number of nitrogens with zero attached hydrogens (tertiary/aromatic N) is 2. The van der Waals surface area contributed by atoms with Crippen LogP contribution in [0.15, 0.2) is 16.9 Å². The normalized spacial score (nSPS) is 18.3. The third kappa shape index (κ3) is 1.73. The minimum atomic E-state index is -1.28. The van der Waals surface area contributed by atoms with Crippen LogP contribution in [0.3, 0.4) is 0 Å². The molecule has 96 valence electrons. The van der Waals surface area contributed by atoms with Crippen LogP contribution in [0.4, 0.5) is 4.79 Å². The molecule has 1 aliphatic rings. The van der Waals surface area contributed by atoms with Gasteiger partial charge in [0.2, 0.25) is 5.56 Å². The number of hydrogen-bond acceptors (Lipinski definition) is 3. The Balaban J connectivity index is 2.61. The van der Waals surface area contributed by atoms with Crippen LogP contribution in [0, 0.1) is 0 Å². The fourth-order valence-electron chi connectivity index (χ4n) is 2.25. The first-order chi connectivity index (χ1) is 8.43. The van der Waals surface area contributed by atoms with E-state index in [4.69, 9.17) is 5.11 Å². The smallest absolute Gasteiger partial charge is 0.408 e. The van der Waals surface area contributed by atoms with Gasteiger partial charge in [-0.3, -0.25) is 9.69 Å². The third-order valence-electron chi connectivity index (χ3n) is 3.15. The Morgan fingerprint density at radius 1 is 1.33 bits per heavy atom. The van der Waals surface area contributed by atoms with E-state index < -0.39 is 18.1 Å². The molecule has 0 radical (unpaired) electrons. The molecule has 2 N–H and O–H groups in total. The fourth-order valence-corrected chi connectivity index (χ4v) is 2.25. The molecule has 0 saturated carbocycles. The zero-order valence-corrected chi connectivity index (χ0v) is 9.66. The second kappa shape index (κ2) is 4.17. The van der Waals surface area contributed by atoms with Crippen LogP contribution >= 0.6 is 0 Å². The van der Waals surface area contributed by atoms with Crippen molar-refractivity contribution in [1.29, 1.82) is 0 Å². The van der Waals surface area contributed by atoms with Gasteiger partial charge in [-0.2, -0.15) is 0 Å². The van der Waals surface area contributed by atoms with E-state index in [1.807, 2.05) is 0 Å². The molecule has 1 unspecified atom stereocenters. The SMILES string of the molecule is Cn1c2c(ccc1=O)C(C(=O)O)N(C(=O)O)CC2. The highest BCUT2D eigenvalue weighted by atomic mass is 16.4. The van der Waals surface area contributed by atoms with Crippen molar-refractivity contribution >= 4 is 12.1 Å². The second-order valence-corrected chi connectivity index (χ2v) is 4.10. The molecule has 1 aliphatic heterocycles. The molecular weight excluding hydrogens is 240 g/mol. The molecule has 1 atom stereocenters. The Bertz CT molecular complexity index is 577. The number of hydrogen-bond donors (Lipinski definition) is 2. The number of carboxylic acids is 1. The Morgan fingerprint density at radius 3 is 2.56 bits per heavy atom. The number of amides is 1. The molecule has 7 nitrogen and oxygen atoms in total. The van der Waals surface area contributed by atoms with Crippen LogP contribution in [0.5, 0.6) is 0 Å². The van der Waals surface area contributed by atoms with E-state index in [1.165, 1.54) is 16.7 Å². The zero-order valence-electron chi connectivity index (χ0n) is 9.66. The highest BCUT2D eigenvalue weighted by Crippen LogP contribution is 2.28. The Labute approximate surface area is 102 Å². The molecule has 2 rings (SSSR count). The first-order valence-corrected chi connectivity index (χ1v) is 5.34. The first kappa shape index (κ1) is 12.2. The van der Waals surface area contributed by atoms with Gasteiger partial charge < -0.3 is 14.8 Å². The summed E-state index contributed by atoms with van der Waals surface area (Å²) in [7, 11) is 1.55. The first-order valence-electron chi connectivity index (χ1n) is 5.34. The lowest BCUT2D eigenvalue weighted by molar-refractivity contribution is -0.143. The van der Waals surface area contributed by atoms with Gasteiger partial charge in [0.15, 0.2) is 6.04 Å². The summed E-state index contributed by atoms with van der Waals surface area (Å²) >= 11 is 0. The van der Waals surface area contributed by atoms with Crippen molar-refractivity contribution in [2.24, 2.45) is 7.05 Å². The van der Waals surface area contributed by atoms with Crippen molar-refractivity contribution in [1.82, 2.24) is 9.47 Å². The van der Waals surface area contributed by atoms with Gasteiger partial charge in [0.05, 0.1) is 0 Å². The highest BCUT2D eigenvalue weighted by Gasteiger charge is 2.36. The lowest BCUT2D eigenvalue weighted by Gasteiger charge is -2.33. The average Bonchev–Trinajstić information content (AvgIpc) is 2.32. The van der Waals surface area contributed by atoms with Crippen molar-refractivity contribution in [3.8, 4) is 0 Å². The average molecular weight is 252 g/mol. The van der Waals surface area contributed by atoms with E-state index in [0.717, 1.165) is 4.90 Å². The third-order valence-corrected chi connectivity index (χ3v) is 3.15. The van der Waals surface area contributed by atoms with Crippen LogP contribution in [0.2, 0.25) is 0 Å². The summed E-state index contributed by atoms with van der Waals surface area (Å²) in [4.78, 5) is 34.6. The van der Waals surface area contributed by atoms with Crippen molar-refractivity contribution in [3.05, 3.63) is 33.7 Å². The second-order valence-electron chi connectivity index (χ2n) is 4.10. The lowest BCUT2D eigenvalue weighted by Crippen LogP contribution is -2.44. The van der Waals surface area contributed by atoms with Crippen molar-refractivity contribution in [2.45, 2.75) is 12.5 Å². The molecule has 0 saturated heterocycles. The van der Waals surface area contributed by atoms with Crippen molar-refractivity contribution in [2.75, 3.05) is 6.54 Å². The van der Waals surface area contributed by atoms with E-state index in [0.29, 0.717) is 17.7 Å². The largest absolute Gasteiger partial charge is 0.479 e. The van der Waals surface area contributed by atoms with Gasteiger partial charge in [0.1, 0.15) is 0 Å². The Hall–Kier alpha value is -2.31. The molecule has 1 aromatic heterocycles. The molecule has 0 aliphatic carbocycles. The lowest BCUT2D eigenvalue weighted by atomic mass is 9.97. The molecule has 18 heavy (non-hydrogen) atoms. The summed E-state index contributed by atoms with van der Waals surface area (Å²) in [6.45, 7) is 0.0661. The van der Waals surface area contributed by atoms with E-state index in [1.54, 1.807) is 7.05 Å². The summed E-state index contributed by atoms with van der Waals surface area (Å²) in [5, 5.41) is 18.2. The van der Waals surface area contributed by atoms with E-state index in [-0.39, 0.29) is 12.1 Å². The molecule has 1 amide bonds. The van der Waals surface area contributed by atoms with Gasteiger partial charge in [-0.25, -0.2) is 9.59 Å². The number of carbonyl (C=O) groups is 2. The fraction of sp³-hybridized carbons (Fsp3) is 0.364. The van der Waals surface area contributed by atoms with Crippen LogP contribution < -0.4 is 5.56 Å². The maximum Gasteiger partial charge on any atom is 0.408 e. The summed E-state index contributed by atoms with van der Waals surface area (Å²) < 4.78 is 1.37. The number of aliphatic carboxylic acids is 1. The van der Waals surface area contributed by atoms with E-state index in [9.17, 15) is 19.5 Å². The molecule has 2 heterocycles. The molecular formula is C11H12N2O5. The zero-order chi connectivity index (χ0) is 13.4. The topological polar surface area (TPSA) is 99.8 Å². The molecule has 0 bridgehead atoms. The molecule has 0 spiro atoms. The van der Waals surface area contributed by atoms with Gasteiger partial charge in [0.25, 0.3) is 0 Å². The van der Waals surface area contributed by atoms with Crippen LogP contribution in [-0.4, -0.2) is 38.3 Å². The monoisotopic (exact) mass is 252 g/mol. The quantitative estimate of drug-likeness (QED) is 0.735. The van der Waals surface area contributed by atoms with E-state index in [2.05, 4.69) is 0 Å². The van der Waals surface area contributed by atoms with Gasteiger partial charge in [-0.05, 0) is 6.07 Å². The minimum Gasteiger partial charge on any atom is -0.479 e. The molecule has 0 aromatic carbocycles. The predicted octanol–water partition coefficient (Wildman–Crippen LogP) is 0.0471. The van der Waals surface area contributed by atoms with Gasteiger partial charge in [-0.1, -0.05) is 0 Å². The van der Waals surface area contributed by atoms with Gasteiger partial charge >= 0.3 is 12.1 Å². The number of pyridine rings is 1. The summed E-state index contributed by atoms with van der Waals surface area (Å²) in [6.07, 6.45) is -0.945. The summed E-state index contributed by atoms with van der Waals surface area (Å²) in [6, 6.07) is 1.39. The summed E-state index contributed by atoms with van der Waals surface area (Å²) in [5.74, 6) is -1.24. The molecule has 0 fully saturated rings. The Morgan fingerprint density at radius 2 is 2.00 bits per heavy atom. The Kier molecular flexibility index (Phi) is 2.82.